The number of H-pyrrole nitrogens is 1. The van der Waals surface area contributed by atoms with Crippen molar-refractivity contribution in [3.8, 4) is 11.3 Å². The van der Waals surface area contributed by atoms with Crippen LogP contribution in [0, 0.1) is 12.7 Å². The predicted octanol–water partition coefficient (Wildman–Crippen LogP) is 1.28. The summed E-state index contributed by atoms with van der Waals surface area (Å²) >= 11 is 0. The van der Waals surface area contributed by atoms with Gasteiger partial charge in [0.1, 0.15) is 5.82 Å². The Hall–Kier alpha value is -2.04. The van der Waals surface area contributed by atoms with Crippen LogP contribution in [0.2, 0.25) is 0 Å². The topological polar surface area (TPSA) is 58.6 Å². The lowest BCUT2D eigenvalue weighted by molar-refractivity contribution is 0.622. The molecule has 1 N–H and O–H groups in total. The molecule has 76 valence electrons. The van der Waals surface area contributed by atoms with E-state index in [0.717, 1.165) is 6.20 Å². The third-order valence-electron chi connectivity index (χ3n) is 1.88. The Morgan fingerprint density at radius 2 is 2.13 bits per heavy atom. The fraction of sp³-hybridized carbons (Fsp3) is 0.100. The van der Waals surface area contributed by atoms with Crippen LogP contribution in [0.4, 0.5) is 4.39 Å². The van der Waals surface area contributed by atoms with Gasteiger partial charge in [0, 0.05) is 17.5 Å². The maximum atomic E-state index is 12.9. The second kappa shape index (κ2) is 3.61. The molecule has 15 heavy (non-hydrogen) atoms. The summed E-state index contributed by atoms with van der Waals surface area (Å²) in [5, 5.41) is 0. The summed E-state index contributed by atoms with van der Waals surface area (Å²) in [5.41, 5.74) is 1.14. The van der Waals surface area contributed by atoms with Gasteiger partial charge in [-0.1, -0.05) is 0 Å². The molecular formula is C10H8FN3O. The van der Waals surface area contributed by atoms with Crippen molar-refractivity contribution in [2.45, 2.75) is 6.92 Å². The molecule has 0 saturated carbocycles. The fourth-order valence-electron chi connectivity index (χ4n) is 1.28. The van der Waals surface area contributed by atoms with Gasteiger partial charge in [-0.15, -0.1) is 0 Å². The SMILES string of the molecule is Cc1cc(-c2cncc(F)c2)nc(=O)[nH]1. The van der Waals surface area contributed by atoms with Crippen molar-refractivity contribution in [1.29, 1.82) is 0 Å². The number of pyridine rings is 1. The van der Waals surface area contributed by atoms with E-state index >= 15 is 0 Å². The Balaban J connectivity index is 2.59. The maximum Gasteiger partial charge on any atom is 0.345 e. The van der Waals surface area contributed by atoms with Crippen molar-refractivity contribution in [3.63, 3.8) is 0 Å². The van der Waals surface area contributed by atoms with E-state index in [9.17, 15) is 9.18 Å². The summed E-state index contributed by atoms with van der Waals surface area (Å²) in [6.45, 7) is 1.74. The van der Waals surface area contributed by atoms with E-state index in [1.165, 1.54) is 12.3 Å². The minimum absolute atomic E-state index is 0.420. The number of aromatic amines is 1. The number of nitrogens with zero attached hydrogens (tertiary/aromatic N) is 2. The zero-order valence-electron chi connectivity index (χ0n) is 7.99. The molecule has 0 aliphatic carbocycles. The predicted molar refractivity (Wildman–Crippen MR) is 52.8 cm³/mol. The molecule has 0 aromatic carbocycles. The van der Waals surface area contributed by atoms with E-state index in [2.05, 4.69) is 15.0 Å². The zero-order chi connectivity index (χ0) is 10.8. The molecule has 0 radical (unpaired) electrons. The molecule has 0 fully saturated rings. The third-order valence-corrected chi connectivity index (χ3v) is 1.88. The summed E-state index contributed by atoms with van der Waals surface area (Å²) in [6, 6.07) is 2.95. The Morgan fingerprint density at radius 1 is 1.33 bits per heavy atom. The average molecular weight is 205 g/mol. The largest absolute Gasteiger partial charge is 0.345 e. The van der Waals surface area contributed by atoms with Gasteiger partial charge in [-0.2, -0.15) is 4.98 Å². The lowest BCUT2D eigenvalue weighted by Crippen LogP contribution is -2.12. The number of hydrogen-bond acceptors (Lipinski definition) is 3. The van der Waals surface area contributed by atoms with Crippen molar-refractivity contribution < 1.29 is 4.39 Å². The number of rotatable bonds is 1. The van der Waals surface area contributed by atoms with E-state index in [-0.39, 0.29) is 0 Å². The second-order valence-electron chi connectivity index (χ2n) is 3.15. The van der Waals surface area contributed by atoms with Gasteiger partial charge < -0.3 is 4.98 Å². The Labute approximate surface area is 84.8 Å². The summed E-state index contributed by atoms with van der Waals surface area (Å²) in [4.78, 5) is 21.0. The second-order valence-corrected chi connectivity index (χ2v) is 3.15. The third kappa shape index (κ3) is 2.07. The van der Waals surface area contributed by atoms with E-state index in [0.29, 0.717) is 17.0 Å². The summed E-state index contributed by atoms with van der Waals surface area (Å²) < 4.78 is 12.9. The molecule has 2 aromatic heterocycles. The molecular weight excluding hydrogens is 197 g/mol. The van der Waals surface area contributed by atoms with E-state index in [4.69, 9.17) is 0 Å². The summed E-state index contributed by atoms with van der Waals surface area (Å²) in [7, 11) is 0. The van der Waals surface area contributed by atoms with E-state index in [1.54, 1.807) is 13.0 Å². The van der Waals surface area contributed by atoms with Crippen molar-refractivity contribution in [2.75, 3.05) is 0 Å². The molecule has 0 saturated heterocycles. The van der Waals surface area contributed by atoms with Gasteiger partial charge in [-0.05, 0) is 19.1 Å². The highest BCUT2D eigenvalue weighted by atomic mass is 19.1. The summed E-state index contributed by atoms with van der Waals surface area (Å²) in [6.07, 6.45) is 2.56. The first-order valence-electron chi connectivity index (χ1n) is 4.34. The molecule has 5 heteroatoms. The average Bonchev–Trinajstić information content (AvgIpc) is 2.16. The minimum Gasteiger partial charge on any atom is -0.310 e. The number of nitrogens with one attached hydrogen (secondary N) is 1. The van der Waals surface area contributed by atoms with Crippen LogP contribution in [0.3, 0.4) is 0 Å². The Morgan fingerprint density at radius 3 is 2.80 bits per heavy atom. The number of hydrogen-bond donors (Lipinski definition) is 1. The van der Waals surface area contributed by atoms with Crippen LogP contribution < -0.4 is 5.69 Å². The van der Waals surface area contributed by atoms with Gasteiger partial charge in [0.15, 0.2) is 0 Å². The van der Waals surface area contributed by atoms with Crippen LogP contribution in [0.5, 0.6) is 0 Å². The van der Waals surface area contributed by atoms with Gasteiger partial charge in [-0.3, -0.25) is 4.98 Å². The lowest BCUT2D eigenvalue weighted by Gasteiger charge is -2.00. The maximum absolute atomic E-state index is 12.9. The van der Waals surface area contributed by atoms with Gasteiger partial charge >= 0.3 is 5.69 Å². The summed E-state index contributed by atoms with van der Waals surface area (Å²) in [5.74, 6) is -0.452. The highest BCUT2D eigenvalue weighted by molar-refractivity contribution is 5.57. The molecule has 0 spiro atoms. The highest BCUT2D eigenvalue weighted by Gasteiger charge is 2.03. The Bertz CT molecular complexity index is 550. The minimum atomic E-state index is -0.452. The van der Waals surface area contributed by atoms with Gasteiger partial charge in [-0.25, -0.2) is 9.18 Å². The Kier molecular flexibility index (Phi) is 2.29. The number of halogens is 1. The molecule has 0 amide bonds. The van der Waals surface area contributed by atoms with Crippen molar-refractivity contribution in [1.82, 2.24) is 15.0 Å². The van der Waals surface area contributed by atoms with E-state index in [1.807, 2.05) is 0 Å². The molecule has 2 rings (SSSR count). The van der Waals surface area contributed by atoms with Crippen LogP contribution in [-0.2, 0) is 0 Å². The van der Waals surface area contributed by atoms with Gasteiger partial charge in [0.25, 0.3) is 0 Å². The van der Waals surface area contributed by atoms with E-state index < -0.39 is 11.5 Å². The first kappa shape index (κ1) is 9.51. The molecule has 2 heterocycles. The molecule has 0 aliphatic rings. The van der Waals surface area contributed by atoms with Crippen molar-refractivity contribution in [2.24, 2.45) is 0 Å². The van der Waals surface area contributed by atoms with Crippen LogP contribution in [-0.4, -0.2) is 15.0 Å². The highest BCUT2D eigenvalue weighted by Crippen LogP contribution is 2.15. The quantitative estimate of drug-likeness (QED) is 0.762. The van der Waals surface area contributed by atoms with Crippen LogP contribution >= 0.6 is 0 Å². The number of aryl methyl sites for hydroxylation is 1. The monoisotopic (exact) mass is 205 g/mol. The van der Waals surface area contributed by atoms with Crippen LogP contribution in [0.25, 0.3) is 11.3 Å². The van der Waals surface area contributed by atoms with Crippen LogP contribution in [0.15, 0.2) is 29.3 Å². The van der Waals surface area contributed by atoms with Crippen molar-refractivity contribution in [3.05, 3.63) is 46.5 Å². The van der Waals surface area contributed by atoms with Crippen LogP contribution in [0.1, 0.15) is 5.69 Å². The molecule has 0 unspecified atom stereocenters. The normalized spacial score (nSPS) is 10.3. The first-order chi connectivity index (χ1) is 7.15. The lowest BCUT2D eigenvalue weighted by atomic mass is 10.2. The zero-order valence-corrected chi connectivity index (χ0v) is 7.99. The van der Waals surface area contributed by atoms with Gasteiger partial charge in [0.2, 0.25) is 0 Å². The molecule has 4 nitrogen and oxygen atoms in total. The number of aromatic nitrogens is 3. The molecule has 0 bridgehead atoms. The molecule has 0 aliphatic heterocycles. The standard InChI is InChI=1S/C10H8FN3O/c1-6-2-9(14-10(15)13-6)7-3-8(11)5-12-4-7/h2-5H,1H3,(H,13,14,15). The van der Waals surface area contributed by atoms with Crippen molar-refractivity contribution >= 4 is 0 Å². The van der Waals surface area contributed by atoms with Gasteiger partial charge in [0.05, 0.1) is 11.9 Å². The first-order valence-corrected chi connectivity index (χ1v) is 4.34. The molecule has 0 atom stereocenters. The fourth-order valence-corrected chi connectivity index (χ4v) is 1.28. The molecule has 2 aromatic rings. The smallest absolute Gasteiger partial charge is 0.310 e.